The van der Waals surface area contributed by atoms with E-state index in [1.807, 2.05) is 12.1 Å². The summed E-state index contributed by atoms with van der Waals surface area (Å²) in [7, 11) is 0. The summed E-state index contributed by atoms with van der Waals surface area (Å²) in [6.07, 6.45) is -0.532. The lowest BCUT2D eigenvalue weighted by molar-refractivity contribution is 0.141. The third-order valence-electron chi connectivity index (χ3n) is 1.99. The molecule has 1 amide bonds. The molecular weight excluding hydrogens is 168 g/mol. The number of ether oxygens (including phenoxy) is 1. The number of hydrogen-bond acceptors (Lipinski definition) is 3. The number of cyclic esters (lactones) is 1. The van der Waals surface area contributed by atoms with Crippen LogP contribution in [-0.2, 0) is 4.74 Å². The zero-order chi connectivity index (χ0) is 9.26. The van der Waals surface area contributed by atoms with Crippen LogP contribution in [0.15, 0.2) is 24.3 Å². The van der Waals surface area contributed by atoms with Crippen LogP contribution in [0.5, 0.6) is 0 Å². The first kappa shape index (κ1) is 7.91. The number of carbonyl (C=O) groups is 1. The molecule has 1 saturated heterocycles. The van der Waals surface area contributed by atoms with E-state index < -0.39 is 0 Å². The fraction of sp³-hybridized carbons (Fsp3) is 0.222. The highest BCUT2D eigenvalue weighted by Crippen LogP contribution is 2.21. The fourth-order valence-electron chi connectivity index (χ4n) is 1.29. The predicted molar refractivity (Wildman–Crippen MR) is 48.1 cm³/mol. The summed E-state index contributed by atoms with van der Waals surface area (Å²) < 4.78 is 5.00. The van der Waals surface area contributed by atoms with E-state index in [9.17, 15) is 4.79 Å². The van der Waals surface area contributed by atoms with Gasteiger partial charge >= 0.3 is 6.09 Å². The van der Waals surface area contributed by atoms with Crippen molar-refractivity contribution in [2.75, 3.05) is 12.3 Å². The minimum absolute atomic E-state index is 0.173. The maximum atomic E-state index is 10.7. The molecule has 3 N–H and O–H groups in total. The van der Waals surface area contributed by atoms with Gasteiger partial charge in [-0.2, -0.15) is 0 Å². The maximum absolute atomic E-state index is 10.7. The number of rotatable bonds is 1. The highest BCUT2D eigenvalue weighted by molar-refractivity contribution is 5.69. The summed E-state index contributed by atoms with van der Waals surface area (Å²) >= 11 is 0. The lowest BCUT2D eigenvalue weighted by Gasteiger charge is -2.07. The molecule has 1 aliphatic heterocycles. The standard InChI is InChI=1S/C9H10N2O2/c10-7-3-1-6(2-4-7)8-5-11-9(12)13-8/h1-4,8H,5,10H2,(H,11,12). The van der Waals surface area contributed by atoms with Crippen LogP contribution in [-0.4, -0.2) is 12.6 Å². The van der Waals surface area contributed by atoms with E-state index in [2.05, 4.69) is 5.32 Å². The molecule has 0 radical (unpaired) electrons. The van der Waals surface area contributed by atoms with Crippen molar-refractivity contribution in [3.8, 4) is 0 Å². The smallest absolute Gasteiger partial charge is 0.407 e. The van der Waals surface area contributed by atoms with Gasteiger partial charge in [-0.05, 0) is 17.7 Å². The summed E-state index contributed by atoms with van der Waals surface area (Å²) in [6.45, 7) is 0.531. The number of nitrogens with one attached hydrogen (secondary N) is 1. The van der Waals surface area contributed by atoms with Crippen molar-refractivity contribution in [2.45, 2.75) is 6.10 Å². The maximum Gasteiger partial charge on any atom is 0.407 e. The number of amides is 1. The number of nitrogen functional groups attached to an aromatic ring is 1. The molecule has 0 aliphatic carbocycles. The molecule has 0 saturated carbocycles. The number of benzene rings is 1. The van der Waals surface area contributed by atoms with E-state index in [1.165, 1.54) is 0 Å². The Kier molecular flexibility index (Phi) is 1.81. The third-order valence-corrected chi connectivity index (χ3v) is 1.99. The van der Waals surface area contributed by atoms with Crippen LogP contribution in [0.25, 0.3) is 0 Å². The van der Waals surface area contributed by atoms with E-state index in [-0.39, 0.29) is 12.2 Å². The second kappa shape index (κ2) is 2.97. The van der Waals surface area contributed by atoms with Gasteiger partial charge in [-0.15, -0.1) is 0 Å². The summed E-state index contributed by atoms with van der Waals surface area (Å²) in [5, 5.41) is 2.59. The second-order valence-corrected chi connectivity index (χ2v) is 2.94. The van der Waals surface area contributed by atoms with Crippen LogP contribution in [0.1, 0.15) is 11.7 Å². The molecule has 0 bridgehead atoms. The van der Waals surface area contributed by atoms with Gasteiger partial charge < -0.3 is 15.8 Å². The van der Waals surface area contributed by atoms with E-state index in [0.29, 0.717) is 12.2 Å². The molecule has 1 fully saturated rings. The van der Waals surface area contributed by atoms with Gasteiger partial charge in [-0.3, -0.25) is 0 Å². The van der Waals surface area contributed by atoms with Crippen LogP contribution >= 0.6 is 0 Å². The number of alkyl carbamates (subject to hydrolysis) is 1. The Balaban J connectivity index is 2.17. The molecule has 2 rings (SSSR count). The quantitative estimate of drug-likeness (QED) is 0.632. The van der Waals surface area contributed by atoms with E-state index >= 15 is 0 Å². The molecule has 1 atom stereocenters. The largest absolute Gasteiger partial charge is 0.439 e. The molecule has 1 heterocycles. The Morgan fingerprint density at radius 1 is 1.38 bits per heavy atom. The summed E-state index contributed by atoms with van der Waals surface area (Å²) in [6, 6.07) is 7.31. The SMILES string of the molecule is Nc1ccc(C2CNC(=O)O2)cc1. The molecule has 0 spiro atoms. The van der Waals surface area contributed by atoms with Crippen molar-refractivity contribution in [2.24, 2.45) is 0 Å². The Morgan fingerprint density at radius 2 is 2.08 bits per heavy atom. The average molecular weight is 178 g/mol. The topological polar surface area (TPSA) is 64.3 Å². The van der Waals surface area contributed by atoms with Gasteiger partial charge in [0.25, 0.3) is 0 Å². The summed E-state index contributed by atoms with van der Waals surface area (Å²) in [5.41, 5.74) is 7.20. The fourth-order valence-corrected chi connectivity index (χ4v) is 1.29. The second-order valence-electron chi connectivity index (χ2n) is 2.94. The molecule has 1 aromatic carbocycles. The van der Waals surface area contributed by atoms with Crippen LogP contribution < -0.4 is 11.1 Å². The van der Waals surface area contributed by atoms with Crippen LogP contribution in [0.2, 0.25) is 0 Å². The molecule has 1 aromatic rings. The van der Waals surface area contributed by atoms with Gasteiger partial charge in [0.15, 0.2) is 0 Å². The first-order chi connectivity index (χ1) is 6.25. The highest BCUT2D eigenvalue weighted by atomic mass is 16.6. The minimum Gasteiger partial charge on any atom is -0.439 e. The van der Waals surface area contributed by atoms with E-state index in [0.717, 1.165) is 5.56 Å². The van der Waals surface area contributed by atoms with Crippen molar-refractivity contribution in [1.82, 2.24) is 5.32 Å². The van der Waals surface area contributed by atoms with Crippen molar-refractivity contribution in [1.29, 1.82) is 0 Å². The molecule has 4 heteroatoms. The van der Waals surface area contributed by atoms with Gasteiger partial charge in [0.2, 0.25) is 0 Å². The van der Waals surface area contributed by atoms with Crippen LogP contribution in [0.3, 0.4) is 0 Å². The molecule has 68 valence electrons. The van der Waals surface area contributed by atoms with E-state index in [1.54, 1.807) is 12.1 Å². The Bertz CT molecular complexity index is 321. The zero-order valence-electron chi connectivity index (χ0n) is 6.99. The summed E-state index contributed by atoms with van der Waals surface area (Å²) in [4.78, 5) is 10.7. The van der Waals surface area contributed by atoms with Gasteiger partial charge in [-0.1, -0.05) is 12.1 Å². The highest BCUT2D eigenvalue weighted by Gasteiger charge is 2.23. The molecule has 13 heavy (non-hydrogen) atoms. The number of hydrogen-bond donors (Lipinski definition) is 2. The number of nitrogens with two attached hydrogens (primary N) is 1. The van der Waals surface area contributed by atoms with Gasteiger partial charge in [0.1, 0.15) is 6.10 Å². The van der Waals surface area contributed by atoms with Crippen molar-refractivity contribution < 1.29 is 9.53 Å². The van der Waals surface area contributed by atoms with Crippen molar-refractivity contribution in [3.63, 3.8) is 0 Å². The van der Waals surface area contributed by atoms with Gasteiger partial charge in [-0.25, -0.2) is 4.79 Å². The van der Waals surface area contributed by atoms with Crippen molar-refractivity contribution >= 4 is 11.8 Å². The average Bonchev–Trinajstić information content (AvgIpc) is 2.53. The Morgan fingerprint density at radius 3 is 2.62 bits per heavy atom. The lowest BCUT2D eigenvalue weighted by Crippen LogP contribution is -2.12. The lowest BCUT2D eigenvalue weighted by atomic mass is 10.1. The van der Waals surface area contributed by atoms with Crippen LogP contribution in [0.4, 0.5) is 10.5 Å². The first-order valence-electron chi connectivity index (χ1n) is 4.05. The Labute approximate surface area is 75.7 Å². The van der Waals surface area contributed by atoms with Crippen LogP contribution in [0, 0.1) is 0 Å². The van der Waals surface area contributed by atoms with Crippen molar-refractivity contribution in [3.05, 3.63) is 29.8 Å². The Hall–Kier alpha value is -1.71. The number of carbonyl (C=O) groups excluding carboxylic acids is 1. The molecule has 4 nitrogen and oxygen atoms in total. The molecule has 1 unspecified atom stereocenters. The molecule has 0 aromatic heterocycles. The van der Waals surface area contributed by atoms with E-state index in [4.69, 9.17) is 10.5 Å². The third kappa shape index (κ3) is 1.56. The minimum atomic E-state index is -0.359. The van der Waals surface area contributed by atoms with Gasteiger partial charge in [0.05, 0.1) is 6.54 Å². The predicted octanol–water partition coefficient (Wildman–Crippen LogP) is 1.05. The monoisotopic (exact) mass is 178 g/mol. The normalized spacial score (nSPS) is 20.9. The first-order valence-corrected chi connectivity index (χ1v) is 4.05. The number of anilines is 1. The van der Waals surface area contributed by atoms with Gasteiger partial charge in [0, 0.05) is 5.69 Å². The summed E-state index contributed by atoms with van der Waals surface area (Å²) in [5.74, 6) is 0. The molecular formula is C9H10N2O2. The molecule has 1 aliphatic rings. The zero-order valence-corrected chi connectivity index (χ0v) is 6.99.